The minimum atomic E-state index is -1.65. The van der Waals surface area contributed by atoms with Crippen LogP contribution in [0.15, 0.2) is 12.2 Å². The zero-order valence-electron chi connectivity index (χ0n) is 57.3. The van der Waals surface area contributed by atoms with Crippen molar-refractivity contribution in [1.82, 2.24) is 55.6 Å². The molecular formula is C63H112N12O13. The summed E-state index contributed by atoms with van der Waals surface area (Å²) in [6.45, 7) is 27.3. The molecule has 0 unspecified atom stereocenters. The van der Waals surface area contributed by atoms with Crippen LogP contribution in [0.3, 0.4) is 0 Å². The number of carbonyl (C=O) groups is 12. The van der Waals surface area contributed by atoms with Crippen LogP contribution in [0.4, 0.5) is 0 Å². The van der Waals surface area contributed by atoms with Gasteiger partial charge in [-0.15, -0.1) is 0 Å². The fourth-order valence-corrected chi connectivity index (χ4v) is 10.9. The number of rotatable bonds is 17. The normalized spacial score (nSPS) is 26.3. The topological polar surface area (TPSA) is 322 Å². The first-order valence-electron chi connectivity index (χ1n) is 31.2. The molecule has 1 saturated heterocycles. The Labute approximate surface area is 524 Å². The van der Waals surface area contributed by atoms with Crippen LogP contribution in [0.5, 0.6) is 0 Å². The lowest BCUT2D eigenvalue weighted by Gasteiger charge is -2.41. The van der Waals surface area contributed by atoms with Gasteiger partial charge in [-0.25, -0.2) is 0 Å². The molecule has 502 valence electrons. The van der Waals surface area contributed by atoms with Gasteiger partial charge in [0.1, 0.15) is 60.4 Å². The maximum absolute atomic E-state index is 15.2. The number of amides is 12. The number of likely N-dealkylation sites (N-methyl/N-ethyl adjacent to an activating group) is 7. The van der Waals surface area contributed by atoms with Gasteiger partial charge >= 0.3 is 0 Å². The summed E-state index contributed by atoms with van der Waals surface area (Å²) in [6.07, 6.45) is 1.97. The third-order valence-corrected chi connectivity index (χ3v) is 16.4. The molecule has 1 rings (SSSR count). The molecule has 1 fully saturated rings. The summed E-state index contributed by atoms with van der Waals surface area (Å²) in [5.41, 5.74) is 5.67. The Balaban J connectivity index is 4.43. The number of nitrogens with zero attached hydrogens (tertiary/aromatic N) is 7. The Morgan fingerprint density at radius 1 is 0.511 bits per heavy atom. The van der Waals surface area contributed by atoms with Gasteiger partial charge in [0.25, 0.3) is 0 Å². The Morgan fingerprint density at radius 2 is 0.932 bits per heavy atom. The Hall–Kier alpha value is -6.66. The fraction of sp³-hybridized carbons (Fsp3) is 0.778. The average molecular weight is 1250 g/mol. The van der Waals surface area contributed by atoms with Crippen molar-refractivity contribution in [3.05, 3.63) is 12.2 Å². The van der Waals surface area contributed by atoms with Crippen molar-refractivity contribution in [3.8, 4) is 0 Å². The molecule has 25 heteroatoms. The van der Waals surface area contributed by atoms with E-state index in [4.69, 9.17) is 5.73 Å². The third-order valence-electron chi connectivity index (χ3n) is 16.4. The maximum Gasteiger partial charge on any atom is 0.246 e. The van der Waals surface area contributed by atoms with Gasteiger partial charge in [-0.3, -0.25) is 57.5 Å². The summed E-state index contributed by atoms with van der Waals surface area (Å²) in [7, 11) is 9.61. The highest BCUT2D eigenvalue weighted by Crippen LogP contribution is 2.26. The molecule has 0 bridgehead atoms. The van der Waals surface area contributed by atoms with Gasteiger partial charge in [-0.05, 0) is 93.8 Å². The van der Waals surface area contributed by atoms with E-state index in [1.165, 1.54) is 75.9 Å². The van der Waals surface area contributed by atoms with E-state index < -0.39 is 168 Å². The van der Waals surface area contributed by atoms with Crippen LogP contribution in [0.25, 0.3) is 0 Å². The zero-order chi connectivity index (χ0) is 68.3. The molecule has 0 aromatic carbocycles. The quantitative estimate of drug-likeness (QED) is 0.114. The summed E-state index contributed by atoms with van der Waals surface area (Å²) in [4.78, 5) is 182. The Morgan fingerprint density at radius 3 is 1.38 bits per heavy atom. The fourth-order valence-electron chi connectivity index (χ4n) is 10.9. The number of aliphatic hydroxyl groups is 1. The molecule has 12 atom stereocenters. The van der Waals surface area contributed by atoms with E-state index >= 15 is 14.4 Å². The van der Waals surface area contributed by atoms with Crippen molar-refractivity contribution in [2.45, 2.75) is 222 Å². The van der Waals surface area contributed by atoms with Gasteiger partial charge in [0, 0.05) is 49.3 Å². The van der Waals surface area contributed by atoms with Crippen molar-refractivity contribution >= 4 is 70.9 Å². The van der Waals surface area contributed by atoms with Crippen molar-refractivity contribution in [2.75, 3.05) is 55.9 Å². The van der Waals surface area contributed by atoms with E-state index in [0.29, 0.717) is 0 Å². The first-order valence-corrected chi connectivity index (χ1v) is 31.2. The van der Waals surface area contributed by atoms with Gasteiger partial charge in [-0.2, -0.15) is 0 Å². The van der Waals surface area contributed by atoms with Crippen LogP contribution in [0.2, 0.25) is 0 Å². The zero-order valence-corrected chi connectivity index (χ0v) is 57.3. The Bertz CT molecular complexity index is 2450. The third kappa shape index (κ3) is 22.4. The number of nitrogens with two attached hydrogens (primary N) is 1. The highest BCUT2D eigenvalue weighted by molar-refractivity contribution is 6.00. The van der Waals surface area contributed by atoms with Crippen molar-refractivity contribution in [1.29, 1.82) is 0 Å². The van der Waals surface area contributed by atoms with Crippen LogP contribution in [0, 0.1) is 41.4 Å². The second-order valence-electron chi connectivity index (χ2n) is 26.6. The van der Waals surface area contributed by atoms with E-state index in [9.17, 15) is 48.3 Å². The molecule has 0 aliphatic carbocycles. The highest BCUT2D eigenvalue weighted by atomic mass is 16.3. The van der Waals surface area contributed by atoms with Crippen molar-refractivity contribution in [2.24, 2.45) is 47.2 Å². The number of aliphatic hydroxyl groups excluding tert-OH is 1. The number of hydrogen-bond acceptors (Lipinski definition) is 13. The van der Waals surface area contributed by atoms with Crippen LogP contribution >= 0.6 is 0 Å². The molecule has 0 aromatic heterocycles. The van der Waals surface area contributed by atoms with Crippen LogP contribution in [0.1, 0.15) is 156 Å². The highest BCUT2D eigenvalue weighted by Gasteiger charge is 2.46. The van der Waals surface area contributed by atoms with Crippen LogP contribution < -0.4 is 27.0 Å². The minimum absolute atomic E-state index is 0.00395. The Kier molecular flexibility index (Phi) is 32.6. The molecule has 7 N–H and O–H groups in total. The molecule has 0 radical (unpaired) electrons. The van der Waals surface area contributed by atoms with Gasteiger partial charge in [-0.1, -0.05) is 109 Å². The van der Waals surface area contributed by atoms with E-state index in [2.05, 4.69) is 21.3 Å². The molecule has 88 heavy (non-hydrogen) atoms. The lowest BCUT2D eigenvalue weighted by atomic mass is 9.91. The van der Waals surface area contributed by atoms with Crippen molar-refractivity contribution < 1.29 is 62.6 Å². The van der Waals surface area contributed by atoms with E-state index in [1.807, 2.05) is 55.4 Å². The van der Waals surface area contributed by atoms with Gasteiger partial charge in [0.2, 0.25) is 70.9 Å². The summed E-state index contributed by atoms with van der Waals surface area (Å²) in [5.74, 6) is -11.9. The SMILES string of the molecule is C/C=C/C[C@@H](C)[C@@H](O)[C@H]1C(=O)N[C@@H](CC)C(=O)N(C)CC(=O)N(C)[C@@H](CC(C)C)C(=O)N[C@@H](C(C)C)C(=O)N(C)[C@@H](CC(C)C)C(=O)N[C@@H](C)C(=O)N[C@H](CC(N)=O)C(=O)N(C)[C@@H](CC(C)C)C(=O)N(C)[C@@H](CC(C)C)C(=O)N(C)[C@@H](C(C)C)C(=O)N1C. The van der Waals surface area contributed by atoms with Gasteiger partial charge < -0.3 is 66.4 Å². The molecule has 0 spiro atoms. The molecule has 0 saturated carbocycles. The summed E-state index contributed by atoms with van der Waals surface area (Å²) < 4.78 is 0. The smallest absolute Gasteiger partial charge is 0.246 e. The van der Waals surface area contributed by atoms with E-state index in [1.54, 1.807) is 60.6 Å². The second-order valence-corrected chi connectivity index (χ2v) is 26.6. The summed E-state index contributed by atoms with van der Waals surface area (Å²) in [6, 6.07) is -13.4. The largest absolute Gasteiger partial charge is 0.390 e. The predicted octanol–water partition coefficient (Wildman–Crippen LogP) is 2.12. The molecule has 0 aromatic rings. The number of primary amides is 1. The number of hydrogen-bond donors (Lipinski definition) is 6. The molecule has 1 aliphatic heterocycles. The molecular weight excluding hydrogens is 1130 g/mol. The summed E-state index contributed by atoms with van der Waals surface area (Å²) in [5, 5.41) is 22.9. The number of carbonyl (C=O) groups excluding carboxylic acids is 12. The number of allylic oxidation sites excluding steroid dienone is 2. The summed E-state index contributed by atoms with van der Waals surface area (Å²) >= 11 is 0. The van der Waals surface area contributed by atoms with Crippen LogP contribution in [-0.4, -0.2) is 233 Å². The van der Waals surface area contributed by atoms with Gasteiger partial charge in [0.05, 0.1) is 19.1 Å². The van der Waals surface area contributed by atoms with Crippen molar-refractivity contribution in [3.63, 3.8) is 0 Å². The van der Waals surface area contributed by atoms with Crippen LogP contribution in [-0.2, 0) is 57.5 Å². The lowest BCUT2D eigenvalue weighted by molar-refractivity contribution is -0.157. The predicted molar refractivity (Wildman–Crippen MR) is 337 cm³/mol. The van der Waals surface area contributed by atoms with Gasteiger partial charge in [0.15, 0.2) is 0 Å². The number of nitrogens with one attached hydrogen (secondary N) is 4. The first kappa shape index (κ1) is 79.4. The first-order chi connectivity index (χ1) is 40.6. The molecule has 12 amide bonds. The van der Waals surface area contributed by atoms with E-state index in [0.717, 1.165) is 14.7 Å². The molecule has 1 heterocycles. The second kappa shape index (κ2) is 36.1. The molecule has 1 aliphatic rings. The lowest BCUT2D eigenvalue weighted by Crippen LogP contribution is -2.63. The standard InChI is InChI=1S/C63H112N12O13/c1-24-26-27-40(15)53(78)52-57(82)66-42(25-2)58(83)69(17)33-49(77)70(18)44(28-34(3)4)56(81)68-50(38(11)12)62(87)71(19)45(29-35(5)6)55(80)65-41(16)54(79)67-43(32-48(64)76)59(84)72(20)46(30-36(7)8)60(85)73(21)47(31-37(9)10)61(86)74(22)51(39(13)14)63(88)75(52)23/h24,26,34-47,50-53,78H,25,27-33H2,1-23H3,(H2,64,76)(H,65,80)(H,66,82)(H,67,79)(H,68,81)/b26-24+/t40-,41+,42+,43-,44+,45+,46+,47+,50+,51+,52+,53-/m1/s1. The monoisotopic (exact) mass is 1240 g/mol. The maximum atomic E-state index is 15.2. The minimum Gasteiger partial charge on any atom is -0.390 e. The average Bonchev–Trinajstić information content (AvgIpc) is 1.34. The molecule has 25 nitrogen and oxygen atoms in total. The van der Waals surface area contributed by atoms with E-state index in [-0.39, 0.29) is 62.2 Å².